The number of aromatic nitrogens is 3. The van der Waals surface area contributed by atoms with Crippen molar-refractivity contribution in [2.75, 3.05) is 23.3 Å². The van der Waals surface area contributed by atoms with Crippen molar-refractivity contribution in [2.45, 2.75) is 45.6 Å². The highest BCUT2D eigenvalue weighted by Gasteiger charge is 2.13. The summed E-state index contributed by atoms with van der Waals surface area (Å²) in [5, 5.41) is 2.91. The lowest BCUT2D eigenvalue weighted by molar-refractivity contribution is -0.116. The summed E-state index contributed by atoms with van der Waals surface area (Å²) < 4.78 is 1.88. The molecule has 1 aliphatic heterocycles. The zero-order chi connectivity index (χ0) is 16.9. The van der Waals surface area contributed by atoms with Crippen LogP contribution in [0.3, 0.4) is 0 Å². The van der Waals surface area contributed by atoms with E-state index in [1.165, 1.54) is 19.3 Å². The molecule has 0 aromatic carbocycles. The first kappa shape index (κ1) is 16.5. The third-order valence-corrected chi connectivity index (χ3v) is 4.29. The van der Waals surface area contributed by atoms with Gasteiger partial charge >= 0.3 is 0 Å². The van der Waals surface area contributed by atoms with E-state index >= 15 is 0 Å². The van der Waals surface area contributed by atoms with Crippen molar-refractivity contribution in [3.05, 3.63) is 36.5 Å². The summed E-state index contributed by atoms with van der Waals surface area (Å²) in [6, 6.07) is 3.91. The van der Waals surface area contributed by atoms with E-state index in [4.69, 9.17) is 0 Å². The Morgan fingerprint density at radius 1 is 1.21 bits per heavy atom. The first-order chi connectivity index (χ1) is 11.6. The normalized spacial score (nSPS) is 14.9. The van der Waals surface area contributed by atoms with Gasteiger partial charge in [-0.05, 0) is 31.4 Å². The largest absolute Gasteiger partial charge is 0.357 e. The van der Waals surface area contributed by atoms with Gasteiger partial charge in [0, 0.05) is 31.4 Å². The summed E-state index contributed by atoms with van der Waals surface area (Å²) in [5.74, 6) is 2.13. The molecule has 0 radical (unpaired) electrons. The van der Waals surface area contributed by atoms with Crippen LogP contribution in [-0.2, 0) is 11.3 Å². The second kappa shape index (κ2) is 7.47. The van der Waals surface area contributed by atoms with Gasteiger partial charge in [0.25, 0.3) is 0 Å². The Bertz CT molecular complexity index is 671. The molecule has 0 saturated carbocycles. The minimum Gasteiger partial charge on any atom is -0.357 e. The third-order valence-electron chi connectivity index (χ3n) is 4.29. The van der Waals surface area contributed by atoms with Crippen molar-refractivity contribution in [1.29, 1.82) is 0 Å². The molecule has 1 N–H and O–H groups in total. The SMILES string of the molecule is CC(C)c1nccn1CC(=O)Nc1ccc(N2CCCCC2)nc1. The van der Waals surface area contributed by atoms with Gasteiger partial charge in [0.1, 0.15) is 18.2 Å². The molecule has 0 bridgehead atoms. The molecular weight excluding hydrogens is 302 g/mol. The van der Waals surface area contributed by atoms with E-state index in [2.05, 4.69) is 34.0 Å². The molecule has 1 aliphatic rings. The van der Waals surface area contributed by atoms with E-state index in [-0.39, 0.29) is 12.5 Å². The molecular formula is C18H25N5O. The lowest BCUT2D eigenvalue weighted by Crippen LogP contribution is -2.30. The summed E-state index contributed by atoms with van der Waals surface area (Å²) in [6.07, 6.45) is 9.06. The third kappa shape index (κ3) is 3.93. The predicted molar refractivity (Wildman–Crippen MR) is 95.2 cm³/mol. The number of piperidine rings is 1. The van der Waals surface area contributed by atoms with Crippen molar-refractivity contribution in [3.8, 4) is 0 Å². The van der Waals surface area contributed by atoms with Crippen LogP contribution < -0.4 is 10.2 Å². The lowest BCUT2D eigenvalue weighted by Gasteiger charge is -2.27. The molecule has 1 fully saturated rings. The highest BCUT2D eigenvalue weighted by Crippen LogP contribution is 2.19. The molecule has 2 aromatic rings. The molecule has 2 aromatic heterocycles. The van der Waals surface area contributed by atoms with E-state index in [1.807, 2.05) is 22.9 Å². The van der Waals surface area contributed by atoms with E-state index in [9.17, 15) is 4.79 Å². The highest BCUT2D eigenvalue weighted by molar-refractivity contribution is 5.90. The van der Waals surface area contributed by atoms with Gasteiger partial charge in [0.15, 0.2) is 0 Å². The number of carbonyl (C=O) groups is 1. The van der Waals surface area contributed by atoms with Gasteiger partial charge in [0.2, 0.25) is 5.91 Å². The van der Waals surface area contributed by atoms with Crippen LogP contribution in [0.4, 0.5) is 11.5 Å². The van der Waals surface area contributed by atoms with Gasteiger partial charge in [-0.2, -0.15) is 0 Å². The van der Waals surface area contributed by atoms with E-state index < -0.39 is 0 Å². The predicted octanol–water partition coefficient (Wildman–Crippen LogP) is 3.03. The fourth-order valence-corrected chi connectivity index (χ4v) is 3.08. The maximum absolute atomic E-state index is 12.2. The standard InChI is InChI=1S/C18H25N5O/c1-14(2)18-19-8-11-23(18)13-17(24)21-15-6-7-16(20-12-15)22-9-4-3-5-10-22/h6-8,11-12,14H,3-5,9-10,13H2,1-2H3,(H,21,24). The fraction of sp³-hybridized carbons (Fsp3) is 0.500. The summed E-state index contributed by atoms with van der Waals surface area (Å²) in [5.41, 5.74) is 0.729. The Balaban J connectivity index is 1.59. The second-order valence-electron chi connectivity index (χ2n) is 6.57. The molecule has 0 aliphatic carbocycles. The van der Waals surface area contributed by atoms with Crippen molar-refractivity contribution < 1.29 is 4.79 Å². The minimum atomic E-state index is -0.0672. The summed E-state index contributed by atoms with van der Waals surface area (Å²) in [4.78, 5) is 23.3. The van der Waals surface area contributed by atoms with E-state index in [0.29, 0.717) is 5.92 Å². The number of pyridine rings is 1. The fourth-order valence-electron chi connectivity index (χ4n) is 3.08. The molecule has 0 atom stereocenters. The molecule has 0 spiro atoms. The van der Waals surface area contributed by atoms with Crippen LogP contribution >= 0.6 is 0 Å². The van der Waals surface area contributed by atoms with Crippen LogP contribution in [0.2, 0.25) is 0 Å². The Kier molecular flexibility index (Phi) is 5.13. The maximum Gasteiger partial charge on any atom is 0.244 e. The smallest absolute Gasteiger partial charge is 0.244 e. The van der Waals surface area contributed by atoms with Crippen LogP contribution in [0.25, 0.3) is 0 Å². The number of hydrogen-bond acceptors (Lipinski definition) is 4. The van der Waals surface area contributed by atoms with Crippen molar-refractivity contribution in [3.63, 3.8) is 0 Å². The Labute approximate surface area is 142 Å². The molecule has 128 valence electrons. The average molecular weight is 327 g/mol. The zero-order valence-corrected chi connectivity index (χ0v) is 14.4. The highest BCUT2D eigenvalue weighted by atomic mass is 16.1. The van der Waals surface area contributed by atoms with Crippen molar-refractivity contribution >= 4 is 17.4 Å². The van der Waals surface area contributed by atoms with Crippen LogP contribution in [0.5, 0.6) is 0 Å². The summed E-state index contributed by atoms with van der Waals surface area (Å²) in [7, 11) is 0. The van der Waals surface area contributed by atoms with Gasteiger partial charge in [-0.25, -0.2) is 9.97 Å². The summed E-state index contributed by atoms with van der Waals surface area (Å²) in [6.45, 7) is 6.54. The monoisotopic (exact) mass is 327 g/mol. The topological polar surface area (TPSA) is 63.1 Å². The molecule has 3 rings (SSSR count). The molecule has 6 heteroatoms. The Morgan fingerprint density at radius 2 is 2.00 bits per heavy atom. The quantitative estimate of drug-likeness (QED) is 0.917. The van der Waals surface area contributed by atoms with Gasteiger partial charge < -0.3 is 14.8 Å². The molecule has 0 unspecified atom stereocenters. The van der Waals surface area contributed by atoms with Gasteiger partial charge in [-0.1, -0.05) is 13.8 Å². The second-order valence-corrected chi connectivity index (χ2v) is 6.57. The molecule has 24 heavy (non-hydrogen) atoms. The molecule has 1 saturated heterocycles. The van der Waals surface area contributed by atoms with Crippen LogP contribution in [0, 0.1) is 0 Å². The molecule has 6 nitrogen and oxygen atoms in total. The van der Waals surface area contributed by atoms with Crippen molar-refractivity contribution in [2.24, 2.45) is 0 Å². The van der Waals surface area contributed by atoms with Crippen LogP contribution in [0.1, 0.15) is 44.9 Å². The number of nitrogens with zero attached hydrogens (tertiary/aromatic N) is 4. The number of rotatable bonds is 5. The summed E-state index contributed by atoms with van der Waals surface area (Å²) >= 11 is 0. The number of anilines is 2. The maximum atomic E-state index is 12.2. The number of carbonyl (C=O) groups excluding carboxylic acids is 1. The molecule has 1 amide bonds. The average Bonchev–Trinajstić information content (AvgIpc) is 3.04. The van der Waals surface area contributed by atoms with Crippen molar-refractivity contribution in [1.82, 2.24) is 14.5 Å². The van der Waals surface area contributed by atoms with Crippen LogP contribution in [0.15, 0.2) is 30.7 Å². The molecule has 3 heterocycles. The minimum absolute atomic E-state index is 0.0672. The first-order valence-corrected chi connectivity index (χ1v) is 8.65. The first-order valence-electron chi connectivity index (χ1n) is 8.65. The number of amides is 1. The zero-order valence-electron chi connectivity index (χ0n) is 14.4. The van der Waals surface area contributed by atoms with Crippen LogP contribution in [-0.4, -0.2) is 33.5 Å². The van der Waals surface area contributed by atoms with E-state index in [1.54, 1.807) is 12.4 Å². The van der Waals surface area contributed by atoms with E-state index in [0.717, 1.165) is 30.4 Å². The lowest BCUT2D eigenvalue weighted by atomic mass is 10.1. The Morgan fingerprint density at radius 3 is 2.67 bits per heavy atom. The number of nitrogens with one attached hydrogen (secondary N) is 1. The Hall–Kier alpha value is -2.37. The van der Waals surface area contributed by atoms with Gasteiger partial charge in [-0.15, -0.1) is 0 Å². The number of imidazole rings is 1. The number of hydrogen-bond donors (Lipinski definition) is 1. The van der Waals surface area contributed by atoms with Gasteiger partial charge in [0.05, 0.1) is 11.9 Å². The van der Waals surface area contributed by atoms with Gasteiger partial charge in [-0.3, -0.25) is 4.79 Å².